The Balaban J connectivity index is 1.31. The van der Waals surface area contributed by atoms with Crippen molar-refractivity contribution in [2.45, 2.75) is 116 Å². The molecule has 2 aliphatic rings. The van der Waals surface area contributed by atoms with Crippen LogP contribution < -0.4 is 4.74 Å². The van der Waals surface area contributed by atoms with Gasteiger partial charge in [-0.25, -0.2) is 13.2 Å². The van der Waals surface area contributed by atoms with Crippen LogP contribution in [-0.4, -0.2) is 5.97 Å². The molecule has 0 bridgehead atoms. The number of aryl methyl sites for hydroxylation is 1. The molecule has 0 radical (unpaired) electrons. The molecule has 2 saturated carbocycles. The van der Waals surface area contributed by atoms with Gasteiger partial charge in [-0.3, -0.25) is 4.79 Å². The molecule has 208 valence electrons. The molecule has 0 saturated heterocycles. The number of benzene rings is 2. The van der Waals surface area contributed by atoms with Gasteiger partial charge in [0.2, 0.25) is 0 Å². The van der Waals surface area contributed by atoms with Crippen LogP contribution in [-0.2, 0) is 11.2 Å². The van der Waals surface area contributed by atoms with Gasteiger partial charge in [0.15, 0.2) is 11.6 Å². The minimum atomic E-state index is -0.710. The highest BCUT2D eigenvalue weighted by Gasteiger charge is 2.32. The number of halogens is 3. The van der Waals surface area contributed by atoms with Gasteiger partial charge in [-0.1, -0.05) is 57.7 Å². The van der Waals surface area contributed by atoms with Gasteiger partial charge in [0.25, 0.3) is 0 Å². The molecule has 2 aromatic carbocycles. The summed E-state index contributed by atoms with van der Waals surface area (Å²) in [7, 11) is 0. The topological polar surface area (TPSA) is 26.3 Å². The normalized spacial score (nSPS) is 23.8. The zero-order valence-corrected chi connectivity index (χ0v) is 23.0. The average molecular weight is 529 g/mol. The van der Waals surface area contributed by atoms with E-state index < -0.39 is 11.6 Å². The quantitative estimate of drug-likeness (QED) is 0.174. The lowest BCUT2D eigenvalue weighted by Gasteiger charge is -2.30. The first-order chi connectivity index (χ1) is 18.4. The Kier molecular flexibility index (Phi) is 10.3. The lowest BCUT2D eigenvalue weighted by atomic mass is 9.75. The molecule has 0 aromatic heterocycles. The fourth-order valence-corrected chi connectivity index (χ4v) is 6.58. The molecule has 2 nitrogen and oxygen atoms in total. The van der Waals surface area contributed by atoms with E-state index in [2.05, 4.69) is 13.8 Å². The van der Waals surface area contributed by atoms with Gasteiger partial charge in [-0.15, -0.1) is 0 Å². The molecular formula is C33H43F3O2. The van der Waals surface area contributed by atoms with E-state index in [4.69, 9.17) is 4.74 Å². The van der Waals surface area contributed by atoms with Crippen molar-refractivity contribution in [1.29, 1.82) is 0 Å². The van der Waals surface area contributed by atoms with Crippen molar-refractivity contribution in [3.8, 4) is 5.75 Å². The third kappa shape index (κ3) is 7.01. The van der Waals surface area contributed by atoms with E-state index in [0.29, 0.717) is 48.8 Å². The largest absolute Gasteiger partial charge is 0.426 e. The lowest BCUT2D eigenvalue weighted by molar-refractivity contribution is -0.140. The molecule has 4 rings (SSSR count). The summed E-state index contributed by atoms with van der Waals surface area (Å²) in [5.74, 6) is -1.48. The Morgan fingerprint density at radius 1 is 0.789 bits per heavy atom. The number of ether oxygens (including phenoxy) is 1. The van der Waals surface area contributed by atoms with E-state index in [1.165, 1.54) is 18.9 Å². The highest BCUT2D eigenvalue weighted by molar-refractivity contribution is 5.75. The standard InChI is InChI=1S/C33H43F3O2/c1-3-5-6-8-25-17-18-27(21-30(25)34)38-33(37)26-15-13-24(14-16-26)29-20-19-28(31(35)32(29)36)23-11-9-22(7-4-2)10-12-23/h17-24,26H,3-16H2,1-2H3. The van der Waals surface area contributed by atoms with Gasteiger partial charge in [0.1, 0.15) is 11.6 Å². The van der Waals surface area contributed by atoms with Crippen molar-refractivity contribution in [3.63, 3.8) is 0 Å². The van der Waals surface area contributed by atoms with Crippen molar-refractivity contribution >= 4 is 5.97 Å². The fourth-order valence-electron chi connectivity index (χ4n) is 6.58. The molecule has 2 fully saturated rings. The van der Waals surface area contributed by atoms with Crippen LogP contribution in [0, 0.1) is 29.3 Å². The van der Waals surface area contributed by atoms with Crippen molar-refractivity contribution < 1.29 is 22.7 Å². The number of unbranched alkanes of at least 4 members (excludes halogenated alkanes) is 2. The minimum absolute atomic E-state index is 0.104. The molecule has 0 heterocycles. The first-order valence-electron chi connectivity index (χ1n) is 14.9. The van der Waals surface area contributed by atoms with Crippen LogP contribution in [0.25, 0.3) is 0 Å². The maximum atomic E-state index is 15.2. The maximum absolute atomic E-state index is 15.2. The predicted molar refractivity (Wildman–Crippen MR) is 146 cm³/mol. The summed E-state index contributed by atoms with van der Waals surface area (Å²) in [5.41, 5.74) is 1.60. The van der Waals surface area contributed by atoms with E-state index in [-0.39, 0.29) is 35.3 Å². The van der Waals surface area contributed by atoms with E-state index >= 15 is 8.78 Å². The van der Waals surface area contributed by atoms with Gasteiger partial charge in [-0.2, -0.15) is 0 Å². The Hall–Kier alpha value is -2.30. The minimum Gasteiger partial charge on any atom is -0.426 e. The second-order valence-electron chi connectivity index (χ2n) is 11.6. The summed E-state index contributed by atoms with van der Waals surface area (Å²) >= 11 is 0. The van der Waals surface area contributed by atoms with Gasteiger partial charge >= 0.3 is 5.97 Å². The second-order valence-corrected chi connectivity index (χ2v) is 11.6. The third-order valence-electron chi connectivity index (χ3n) is 8.92. The summed E-state index contributed by atoms with van der Waals surface area (Å²) in [6, 6.07) is 8.23. The summed E-state index contributed by atoms with van der Waals surface area (Å²) in [4.78, 5) is 12.7. The molecule has 0 atom stereocenters. The highest BCUT2D eigenvalue weighted by atomic mass is 19.2. The van der Waals surface area contributed by atoms with Crippen LogP contribution in [0.4, 0.5) is 13.2 Å². The van der Waals surface area contributed by atoms with Crippen LogP contribution in [0.5, 0.6) is 5.75 Å². The maximum Gasteiger partial charge on any atom is 0.314 e. The Morgan fingerprint density at radius 2 is 1.39 bits per heavy atom. The molecule has 0 amide bonds. The van der Waals surface area contributed by atoms with Gasteiger partial charge in [0.05, 0.1) is 5.92 Å². The number of hydrogen-bond acceptors (Lipinski definition) is 2. The van der Waals surface area contributed by atoms with Crippen molar-refractivity contribution in [2.24, 2.45) is 11.8 Å². The first kappa shape index (κ1) is 28.7. The average Bonchev–Trinajstić information content (AvgIpc) is 2.92. The third-order valence-corrected chi connectivity index (χ3v) is 8.92. The van der Waals surface area contributed by atoms with E-state index in [1.807, 2.05) is 0 Å². The molecule has 0 N–H and O–H groups in total. The Labute approximate surface area is 226 Å². The number of carbonyl (C=O) groups excluding carboxylic acids is 1. The van der Waals surface area contributed by atoms with E-state index in [9.17, 15) is 9.18 Å². The number of carbonyl (C=O) groups is 1. The number of hydrogen-bond donors (Lipinski definition) is 0. The van der Waals surface area contributed by atoms with Crippen LogP contribution >= 0.6 is 0 Å². The monoisotopic (exact) mass is 528 g/mol. The van der Waals surface area contributed by atoms with Gasteiger partial charge in [-0.05, 0) is 105 Å². The summed E-state index contributed by atoms with van der Waals surface area (Å²) in [6.45, 7) is 4.31. The zero-order chi connectivity index (χ0) is 27.1. The summed E-state index contributed by atoms with van der Waals surface area (Å²) in [6.07, 6.45) is 12.5. The van der Waals surface area contributed by atoms with Gasteiger partial charge < -0.3 is 4.74 Å². The smallest absolute Gasteiger partial charge is 0.314 e. The van der Waals surface area contributed by atoms with E-state index in [0.717, 1.165) is 50.9 Å². The van der Waals surface area contributed by atoms with Crippen LogP contribution in [0.2, 0.25) is 0 Å². The molecule has 0 unspecified atom stereocenters. The highest BCUT2D eigenvalue weighted by Crippen LogP contribution is 2.42. The van der Waals surface area contributed by atoms with Gasteiger partial charge in [0, 0.05) is 6.07 Å². The zero-order valence-electron chi connectivity index (χ0n) is 23.0. The second kappa shape index (κ2) is 13.7. The van der Waals surface area contributed by atoms with Crippen molar-refractivity contribution in [2.75, 3.05) is 0 Å². The summed E-state index contributed by atoms with van der Waals surface area (Å²) in [5, 5.41) is 0. The molecular weight excluding hydrogens is 485 g/mol. The fraction of sp³-hybridized carbons (Fsp3) is 0.606. The number of rotatable bonds is 10. The number of esters is 1. The Morgan fingerprint density at radius 3 is 1.95 bits per heavy atom. The SMILES string of the molecule is CCCCCc1ccc(OC(=O)C2CCC(c3ccc(C4CCC(CCC)CC4)c(F)c3F)CC2)cc1F. The van der Waals surface area contributed by atoms with Crippen molar-refractivity contribution in [1.82, 2.24) is 0 Å². The molecule has 2 aliphatic carbocycles. The van der Waals surface area contributed by atoms with Crippen molar-refractivity contribution in [3.05, 3.63) is 64.5 Å². The predicted octanol–water partition coefficient (Wildman–Crippen LogP) is 9.79. The van der Waals surface area contributed by atoms with Crippen LogP contribution in [0.15, 0.2) is 30.3 Å². The van der Waals surface area contributed by atoms with Crippen LogP contribution in [0.3, 0.4) is 0 Å². The summed E-state index contributed by atoms with van der Waals surface area (Å²) < 4.78 is 50.3. The molecule has 0 spiro atoms. The van der Waals surface area contributed by atoms with E-state index in [1.54, 1.807) is 24.3 Å². The first-order valence-corrected chi connectivity index (χ1v) is 14.9. The molecule has 5 heteroatoms. The Bertz CT molecular complexity index is 1070. The molecule has 38 heavy (non-hydrogen) atoms. The molecule has 2 aromatic rings. The van der Waals surface area contributed by atoms with Crippen LogP contribution in [0.1, 0.15) is 126 Å². The molecule has 0 aliphatic heterocycles. The lowest BCUT2D eigenvalue weighted by Crippen LogP contribution is -2.25.